The van der Waals surface area contributed by atoms with Crippen LogP contribution in [-0.2, 0) is 16.0 Å². The highest BCUT2D eigenvalue weighted by atomic mass is 16.5. The quantitative estimate of drug-likeness (QED) is 0.393. The van der Waals surface area contributed by atoms with Gasteiger partial charge in [0.2, 0.25) is 0 Å². The molecule has 0 radical (unpaired) electrons. The number of carbonyl (C=O) groups is 2. The molecule has 152 valence electrons. The Labute approximate surface area is 179 Å². The van der Waals surface area contributed by atoms with Gasteiger partial charge in [0, 0.05) is 6.42 Å². The lowest BCUT2D eigenvalue weighted by molar-refractivity contribution is -0.142. The fourth-order valence-electron chi connectivity index (χ4n) is 3.83. The summed E-state index contributed by atoms with van der Waals surface area (Å²) in [6.07, 6.45) is 0.219. The number of esters is 1. The van der Waals surface area contributed by atoms with E-state index in [4.69, 9.17) is 10.00 Å². The van der Waals surface area contributed by atoms with Gasteiger partial charge in [-0.05, 0) is 45.3 Å². The molecule has 0 aliphatic rings. The molecular formula is C26H20N2O3. The number of hydrogen-bond acceptors (Lipinski definition) is 4. The molecule has 0 aromatic heterocycles. The van der Waals surface area contributed by atoms with Crippen LogP contribution in [0.5, 0.6) is 0 Å². The van der Waals surface area contributed by atoms with E-state index >= 15 is 0 Å². The van der Waals surface area contributed by atoms with Gasteiger partial charge in [-0.15, -0.1) is 0 Å². The second kappa shape index (κ2) is 8.68. The summed E-state index contributed by atoms with van der Waals surface area (Å²) < 4.78 is 4.93. The summed E-state index contributed by atoms with van der Waals surface area (Å²) in [5.74, 6) is -0.889. The SMILES string of the molecule is COC(=O)[C@H](Cc1cccc(C#N)c1)NC(=O)c1c2ccccc2cc2ccccc12. The Morgan fingerprint density at radius 3 is 2.19 bits per heavy atom. The average molecular weight is 408 g/mol. The average Bonchev–Trinajstić information content (AvgIpc) is 2.81. The number of benzene rings is 4. The Bertz CT molecular complexity index is 1280. The number of methoxy groups -OCH3 is 1. The lowest BCUT2D eigenvalue weighted by Gasteiger charge is -2.18. The van der Waals surface area contributed by atoms with Crippen molar-refractivity contribution in [2.24, 2.45) is 0 Å². The first kappa shape index (κ1) is 20.1. The van der Waals surface area contributed by atoms with Gasteiger partial charge in [0.15, 0.2) is 0 Å². The van der Waals surface area contributed by atoms with Crippen LogP contribution in [0.1, 0.15) is 21.5 Å². The minimum Gasteiger partial charge on any atom is -0.467 e. The number of carbonyl (C=O) groups excluding carboxylic acids is 2. The highest BCUT2D eigenvalue weighted by Crippen LogP contribution is 2.28. The lowest BCUT2D eigenvalue weighted by Crippen LogP contribution is -2.43. The van der Waals surface area contributed by atoms with Gasteiger partial charge in [0.05, 0.1) is 24.3 Å². The molecular weight excluding hydrogens is 388 g/mol. The summed E-state index contributed by atoms with van der Waals surface area (Å²) in [6, 6.07) is 25.6. The van der Waals surface area contributed by atoms with Crippen LogP contribution in [0.25, 0.3) is 21.5 Å². The van der Waals surface area contributed by atoms with Crippen LogP contribution in [0.15, 0.2) is 78.9 Å². The molecule has 0 spiro atoms. The topological polar surface area (TPSA) is 79.2 Å². The zero-order chi connectivity index (χ0) is 21.8. The first-order valence-corrected chi connectivity index (χ1v) is 9.89. The number of amides is 1. The van der Waals surface area contributed by atoms with E-state index in [0.29, 0.717) is 11.1 Å². The molecule has 0 heterocycles. The Kier molecular flexibility index (Phi) is 5.63. The molecule has 1 N–H and O–H groups in total. The molecule has 0 saturated carbocycles. The van der Waals surface area contributed by atoms with Crippen LogP contribution in [0.3, 0.4) is 0 Å². The Morgan fingerprint density at radius 2 is 1.58 bits per heavy atom. The predicted molar refractivity (Wildman–Crippen MR) is 120 cm³/mol. The third-order valence-corrected chi connectivity index (χ3v) is 5.29. The summed E-state index contributed by atoms with van der Waals surface area (Å²) in [7, 11) is 1.29. The first-order chi connectivity index (χ1) is 15.1. The maximum Gasteiger partial charge on any atom is 0.328 e. The molecule has 0 aliphatic heterocycles. The van der Waals surface area contributed by atoms with E-state index in [2.05, 4.69) is 11.4 Å². The van der Waals surface area contributed by atoms with Crippen molar-refractivity contribution in [1.29, 1.82) is 5.26 Å². The van der Waals surface area contributed by atoms with Gasteiger partial charge in [-0.3, -0.25) is 4.79 Å². The number of nitrogens with zero attached hydrogens (tertiary/aromatic N) is 1. The fourth-order valence-corrected chi connectivity index (χ4v) is 3.83. The molecule has 0 unspecified atom stereocenters. The maximum absolute atomic E-state index is 13.4. The minimum atomic E-state index is -0.885. The molecule has 0 aliphatic carbocycles. The Morgan fingerprint density at radius 1 is 0.935 bits per heavy atom. The van der Waals surface area contributed by atoms with Gasteiger partial charge in [0.1, 0.15) is 6.04 Å². The zero-order valence-corrected chi connectivity index (χ0v) is 17.0. The van der Waals surface area contributed by atoms with E-state index in [1.54, 1.807) is 18.2 Å². The van der Waals surface area contributed by atoms with Gasteiger partial charge in [0.25, 0.3) is 5.91 Å². The molecule has 5 heteroatoms. The minimum absolute atomic E-state index is 0.219. The zero-order valence-electron chi connectivity index (χ0n) is 17.0. The monoisotopic (exact) mass is 408 g/mol. The fraction of sp³-hybridized carbons (Fsp3) is 0.115. The van der Waals surface area contributed by atoms with Crippen molar-refractivity contribution in [3.05, 3.63) is 95.6 Å². The number of rotatable bonds is 5. The van der Waals surface area contributed by atoms with Crippen LogP contribution in [0.4, 0.5) is 0 Å². The van der Waals surface area contributed by atoms with Crippen LogP contribution in [0.2, 0.25) is 0 Å². The highest BCUT2D eigenvalue weighted by Gasteiger charge is 2.24. The maximum atomic E-state index is 13.4. The number of nitrogens with one attached hydrogen (secondary N) is 1. The van der Waals surface area contributed by atoms with Crippen molar-refractivity contribution >= 4 is 33.4 Å². The highest BCUT2D eigenvalue weighted by molar-refractivity contribution is 6.18. The predicted octanol–water partition coefficient (Wildman–Crippen LogP) is 4.38. The summed E-state index contributed by atoms with van der Waals surface area (Å²) in [5.41, 5.74) is 1.78. The van der Waals surface area contributed by atoms with E-state index in [-0.39, 0.29) is 12.3 Å². The van der Waals surface area contributed by atoms with E-state index in [0.717, 1.165) is 27.1 Å². The van der Waals surface area contributed by atoms with Gasteiger partial charge in [-0.25, -0.2) is 4.79 Å². The molecule has 1 amide bonds. The molecule has 0 saturated heterocycles. The van der Waals surface area contributed by atoms with E-state index < -0.39 is 12.0 Å². The number of fused-ring (bicyclic) bond motifs is 2. The van der Waals surface area contributed by atoms with Gasteiger partial charge in [-0.2, -0.15) is 5.26 Å². The smallest absolute Gasteiger partial charge is 0.328 e. The lowest BCUT2D eigenvalue weighted by atomic mass is 9.95. The third kappa shape index (κ3) is 4.10. The van der Waals surface area contributed by atoms with Gasteiger partial charge < -0.3 is 10.1 Å². The van der Waals surface area contributed by atoms with E-state index in [9.17, 15) is 9.59 Å². The normalized spacial score (nSPS) is 11.6. The van der Waals surface area contributed by atoms with Crippen molar-refractivity contribution < 1.29 is 14.3 Å². The number of hydrogen-bond donors (Lipinski definition) is 1. The summed E-state index contributed by atoms with van der Waals surface area (Å²) in [4.78, 5) is 25.9. The molecule has 5 nitrogen and oxygen atoms in total. The molecule has 4 aromatic carbocycles. The van der Waals surface area contributed by atoms with Crippen LogP contribution in [0, 0.1) is 11.3 Å². The van der Waals surface area contributed by atoms with E-state index in [1.807, 2.05) is 60.7 Å². The van der Waals surface area contributed by atoms with Crippen LogP contribution >= 0.6 is 0 Å². The van der Waals surface area contributed by atoms with Gasteiger partial charge in [-0.1, -0.05) is 60.7 Å². The number of ether oxygens (including phenoxy) is 1. The molecule has 4 rings (SSSR count). The Balaban J connectivity index is 1.74. The number of nitriles is 1. The standard InChI is InChI=1S/C26H20N2O3/c1-31-26(30)23(14-17-7-6-8-18(13-17)16-27)28-25(29)24-21-11-4-2-9-19(21)15-20-10-3-5-12-22(20)24/h2-13,15,23H,14H2,1H3,(H,28,29)/t23-/m0/s1. The van der Waals surface area contributed by atoms with Crippen molar-refractivity contribution in [3.8, 4) is 6.07 Å². The van der Waals surface area contributed by atoms with E-state index in [1.165, 1.54) is 7.11 Å². The summed E-state index contributed by atoms with van der Waals surface area (Å²) in [6.45, 7) is 0. The second-order valence-corrected chi connectivity index (χ2v) is 7.26. The summed E-state index contributed by atoms with van der Waals surface area (Å²) in [5, 5.41) is 15.5. The van der Waals surface area contributed by atoms with Crippen molar-refractivity contribution in [2.45, 2.75) is 12.5 Å². The molecule has 1 atom stereocenters. The molecule has 31 heavy (non-hydrogen) atoms. The van der Waals surface area contributed by atoms with Crippen molar-refractivity contribution in [1.82, 2.24) is 5.32 Å². The van der Waals surface area contributed by atoms with Crippen LogP contribution in [-0.4, -0.2) is 25.0 Å². The van der Waals surface area contributed by atoms with Gasteiger partial charge >= 0.3 is 5.97 Å². The largest absolute Gasteiger partial charge is 0.467 e. The summed E-state index contributed by atoms with van der Waals surface area (Å²) >= 11 is 0. The van der Waals surface area contributed by atoms with Crippen molar-refractivity contribution in [3.63, 3.8) is 0 Å². The first-order valence-electron chi connectivity index (χ1n) is 9.89. The third-order valence-electron chi connectivity index (χ3n) is 5.29. The van der Waals surface area contributed by atoms with Crippen LogP contribution < -0.4 is 5.32 Å². The molecule has 4 aromatic rings. The second-order valence-electron chi connectivity index (χ2n) is 7.26. The van der Waals surface area contributed by atoms with Crippen molar-refractivity contribution in [2.75, 3.05) is 7.11 Å². The Hall–Kier alpha value is -4.17. The molecule has 0 bridgehead atoms. The molecule has 0 fully saturated rings.